The van der Waals surface area contributed by atoms with Gasteiger partial charge in [0, 0.05) is 18.2 Å². The van der Waals surface area contributed by atoms with Gasteiger partial charge >= 0.3 is 0 Å². The van der Waals surface area contributed by atoms with Crippen LogP contribution >= 0.6 is 0 Å². The predicted octanol–water partition coefficient (Wildman–Crippen LogP) is 0.231. The zero-order valence-electron chi connectivity index (χ0n) is 8.40. The van der Waals surface area contributed by atoms with E-state index in [0.717, 1.165) is 0 Å². The maximum absolute atomic E-state index is 9.79. The zero-order valence-corrected chi connectivity index (χ0v) is 8.40. The molecule has 0 heterocycles. The van der Waals surface area contributed by atoms with E-state index in [9.17, 15) is 5.11 Å². The third-order valence-electron chi connectivity index (χ3n) is 2.15. The molecule has 5 nitrogen and oxygen atoms in total. The Morgan fingerprint density at radius 3 is 2.73 bits per heavy atom. The van der Waals surface area contributed by atoms with Crippen molar-refractivity contribution in [2.45, 2.75) is 6.04 Å². The van der Waals surface area contributed by atoms with E-state index >= 15 is 0 Å². The Balaban J connectivity index is 3.37. The largest absolute Gasteiger partial charge is 0.504 e. The van der Waals surface area contributed by atoms with E-state index < -0.39 is 6.04 Å². The fraction of sp³-hybridized carbons (Fsp3) is 0.300. The number of phenolic OH excluding ortho intramolecular Hbond substituents is 1. The molecule has 0 saturated heterocycles. The molecule has 0 aromatic heterocycles. The van der Waals surface area contributed by atoms with E-state index in [1.54, 1.807) is 6.07 Å². The van der Waals surface area contributed by atoms with Gasteiger partial charge in [-0.1, -0.05) is 0 Å². The van der Waals surface area contributed by atoms with Gasteiger partial charge in [0.05, 0.1) is 18.7 Å². The van der Waals surface area contributed by atoms with Gasteiger partial charge in [-0.2, -0.15) is 5.26 Å². The summed E-state index contributed by atoms with van der Waals surface area (Å²) in [5.41, 5.74) is 11.7. The van der Waals surface area contributed by atoms with Crippen molar-refractivity contribution >= 4 is 0 Å². The Hall–Kier alpha value is -1.77. The maximum Gasteiger partial charge on any atom is 0.163 e. The molecule has 0 bridgehead atoms. The molecule has 0 aliphatic carbocycles. The Bertz CT molecular complexity index is 398. The van der Waals surface area contributed by atoms with Gasteiger partial charge in [0.25, 0.3) is 0 Å². The van der Waals surface area contributed by atoms with Crippen molar-refractivity contribution in [1.29, 1.82) is 5.26 Å². The van der Waals surface area contributed by atoms with Crippen LogP contribution in [0.2, 0.25) is 0 Å². The lowest BCUT2D eigenvalue weighted by Crippen LogP contribution is -2.22. The molecule has 5 N–H and O–H groups in total. The van der Waals surface area contributed by atoms with E-state index in [2.05, 4.69) is 0 Å². The highest BCUT2D eigenvalue weighted by Crippen LogP contribution is 2.34. The summed E-state index contributed by atoms with van der Waals surface area (Å²) in [5.74, 6) is 0.169. The second-order valence-electron chi connectivity index (χ2n) is 3.03. The predicted molar refractivity (Wildman–Crippen MR) is 55.4 cm³/mol. The number of rotatable bonds is 3. The number of methoxy groups -OCH3 is 1. The van der Waals surface area contributed by atoms with Crippen molar-refractivity contribution in [2.75, 3.05) is 13.7 Å². The Kier molecular flexibility index (Phi) is 3.50. The van der Waals surface area contributed by atoms with Gasteiger partial charge in [0.1, 0.15) is 0 Å². The minimum atomic E-state index is -0.574. The lowest BCUT2D eigenvalue weighted by atomic mass is 10.00. The van der Waals surface area contributed by atoms with Gasteiger partial charge in [-0.05, 0) is 12.1 Å². The monoisotopic (exact) mass is 207 g/mol. The molecule has 80 valence electrons. The van der Waals surface area contributed by atoms with Crippen LogP contribution < -0.4 is 16.2 Å². The average molecular weight is 207 g/mol. The van der Waals surface area contributed by atoms with Crippen LogP contribution in [-0.4, -0.2) is 18.8 Å². The number of nitrogens with two attached hydrogens (primary N) is 2. The maximum atomic E-state index is 9.79. The van der Waals surface area contributed by atoms with Crippen molar-refractivity contribution in [2.24, 2.45) is 11.5 Å². The number of phenols is 1. The molecule has 5 heteroatoms. The third kappa shape index (κ3) is 2.01. The first-order valence-electron chi connectivity index (χ1n) is 4.41. The Morgan fingerprint density at radius 2 is 2.27 bits per heavy atom. The zero-order chi connectivity index (χ0) is 11.4. The van der Waals surface area contributed by atoms with Gasteiger partial charge in [-0.25, -0.2) is 0 Å². The molecule has 1 aromatic rings. The molecule has 0 fully saturated rings. The lowest BCUT2D eigenvalue weighted by Gasteiger charge is -2.15. The SMILES string of the molecule is COc1ccc(C#N)c([C@@H](N)CN)c1O. The van der Waals surface area contributed by atoms with Crippen LogP contribution in [0, 0.1) is 11.3 Å². The molecule has 0 amide bonds. The summed E-state index contributed by atoms with van der Waals surface area (Å²) in [7, 11) is 1.43. The van der Waals surface area contributed by atoms with Crippen molar-refractivity contribution in [3.8, 4) is 17.6 Å². The third-order valence-corrected chi connectivity index (χ3v) is 2.15. The van der Waals surface area contributed by atoms with Gasteiger partial charge in [0.2, 0.25) is 0 Å². The molecule has 15 heavy (non-hydrogen) atoms. The van der Waals surface area contributed by atoms with Crippen LogP contribution in [0.25, 0.3) is 0 Å². The number of nitrogens with zero attached hydrogens (tertiary/aromatic N) is 1. The summed E-state index contributed by atoms with van der Waals surface area (Å²) in [5, 5.41) is 18.6. The fourth-order valence-corrected chi connectivity index (χ4v) is 1.34. The van der Waals surface area contributed by atoms with Crippen molar-refractivity contribution < 1.29 is 9.84 Å². The molecule has 0 aliphatic heterocycles. The number of hydrogen-bond acceptors (Lipinski definition) is 5. The summed E-state index contributed by atoms with van der Waals surface area (Å²) in [6.07, 6.45) is 0. The standard InChI is InChI=1S/C10H13N3O2/c1-15-8-3-2-6(4-11)9(10(8)14)7(13)5-12/h2-3,7,14H,5,12-13H2,1H3/t7-/m0/s1. The fourth-order valence-electron chi connectivity index (χ4n) is 1.34. The second kappa shape index (κ2) is 4.64. The van der Waals surface area contributed by atoms with Crippen molar-refractivity contribution in [3.05, 3.63) is 23.3 Å². The van der Waals surface area contributed by atoms with E-state index in [1.807, 2.05) is 6.07 Å². The number of benzene rings is 1. The Morgan fingerprint density at radius 1 is 1.60 bits per heavy atom. The molecule has 0 aliphatic rings. The molecular weight excluding hydrogens is 194 g/mol. The molecule has 1 atom stereocenters. The van der Waals surface area contributed by atoms with Crippen LogP contribution in [0.15, 0.2) is 12.1 Å². The van der Waals surface area contributed by atoms with Crippen LogP contribution in [0.4, 0.5) is 0 Å². The lowest BCUT2D eigenvalue weighted by molar-refractivity contribution is 0.368. The van der Waals surface area contributed by atoms with Crippen LogP contribution in [-0.2, 0) is 0 Å². The molecule has 0 saturated carbocycles. The Labute approximate surface area is 87.9 Å². The number of hydrogen-bond donors (Lipinski definition) is 3. The summed E-state index contributed by atoms with van der Waals surface area (Å²) in [4.78, 5) is 0. The highest BCUT2D eigenvalue weighted by molar-refractivity contribution is 5.55. The quantitative estimate of drug-likeness (QED) is 0.658. The van der Waals surface area contributed by atoms with Crippen LogP contribution in [0.5, 0.6) is 11.5 Å². The van der Waals surface area contributed by atoms with Gasteiger partial charge in [-0.3, -0.25) is 0 Å². The van der Waals surface area contributed by atoms with E-state index in [-0.39, 0.29) is 18.0 Å². The minimum absolute atomic E-state index is 0.116. The van der Waals surface area contributed by atoms with Gasteiger partial charge in [-0.15, -0.1) is 0 Å². The van der Waals surface area contributed by atoms with E-state index in [4.69, 9.17) is 21.5 Å². The normalized spacial score (nSPS) is 11.9. The van der Waals surface area contributed by atoms with Gasteiger partial charge < -0.3 is 21.3 Å². The first kappa shape index (κ1) is 11.3. The second-order valence-corrected chi connectivity index (χ2v) is 3.03. The number of nitriles is 1. The number of ether oxygens (including phenoxy) is 1. The summed E-state index contributed by atoms with van der Waals surface area (Å²) in [6, 6.07) is 4.44. The van der Waals surface area contributed by atoms with Crippen LogP contribution in [0.1, 0.15) is 17.2 Å². The van der Waals surface area contributed by atoms with E-state index in [1.165, 1.54) is 13.2 Å². The molecule has 0 spiro atoms. The summed E-state index contributed by atoms with van der Waals surface area (Å²) >= 11 is 0. The minimum Gasteiger partial charge on any atom is -0.504 e. The van der Waals surface area contributed by atoms with Crippen molar-refractivity contribution in [1.82, 2.24) is 0 Å². The highest BCUT2D eigenvalue weighted by Gasteiger charge is 2.18. The van der Waals surface area contributed by atoms with Gasteiger partial charge in [0.15, 0.2) is 11.5 Å². The molecule has 0 unspecified atom stereocenters. The first-order valence-corrected chi connectivity index (χ1v) is 4.41. The summed E-state index contributed by atoms with van der Waals surface area (Å²) in [6.45, 7) is 0.148. The average Bonchev–Trinajstić information content (AvgIpc) is 2.27. The molecule has 1 rings (SSSR count). The molecular formula is C10H13N3O2. The highest BCUT2D eigenvalue weighted by atomic mass is 16.5. The first-order chi connectivity index (χ1) is 7.15. The summed E-state index contributed by atoms with van der Waals surface area (Å²) < 4.78 is 4.92. The molecule has 1 aromatic carbocycles. The van der Waals surface area contributed by atoms with E-state index in [0.29, 0.717) is 11.1 Å². The van der Waals surface area contributed by atoms with Crippen LogP contribution in [0.3, 0.4) is 0 Å². The van der Waals surface area contributed by atoms with Crippen molar-refractivity contribution in [3.63, 3.8) is 0 Å². The molecule has 0 radical (unpaired) electrons. The smallest absolute Gasteiger partial charge is 0.163 e. The number of aromatic hydroxyl groups is 1. The topological polar surface area (TPSA) is 105 Å².